The summed E-state index contributed by atoms with van der Waals surface area (Å²) >= 11 is 1.39. The molecular formula is C11H19N3OS. The van der Waals surface area contributed by atoms with Gasteiger partial charge in [0, 0.05) is 17.5 Å². The highest BCUT2D eigenvalue weighted by atomic mass is 32.1. The maximum Gasteiger partial charge on any atom is 0.202 e. The van der Waals surface area contributed by atoms with Crippen molar-refractivity contribution in [1.82, 2.24) is 9.36 Å². The zero-order chi connectivity index (χ0) is 11.8. The predicted octanol–water partition coefficient (Wildman–Crippen LogP) is 2.23. The molecule has 1 heterocycles. The van der Waals surface area contributed by atoms with Gasteiger partial charge in [0.25, 0.3) is 0 Å². The summed E-state index contributed by atoms with van der Waals surface area (Å²) < 4.78 is 4.33. The van der Waals surface area contributed by atoms with Crippen LogP contribution in [0.4, 0.5) is 5.13 Å². The van der Waals surface area contributed by atoms with Crippen LogP contribution in [-0.2, 0) is 0 Å². The molecule has 0 amide bonds. The fourth-order valence-electron chi connectivity index (χ4n) is 1.49. The molecule has 1 aromatic rings. The van der Waals surface area contributed by atoms with Crippen LogP contribution in [0.25, 0.3) is 0 Å². The minimum Gasteiger partial charge on any atom is -0.394 e. The van der Waals surface area contributed by atoms with E-state index in [1.54, 1.807) is 0 Å². The van der Waals surface area contributed by atoms with Crippen molar-refractivity contribution in [2.45, 2.75) is 45.6 Å². The van der Waals surface area contributed by atoms with Crippen molar-refractivity contribution in [1.29, 1.82) is 0 Å². The summed E-state index contributed by atoms with van der Waals surface area (Å²) in [4.78, 5) is 4.46. The number of aliphatic hydroxyl groups is 1. The van der Waals surface area contributed by atoms with Crippen molar-refractivity contribution < 1.29 is 5.11 Å². The number of nitrogens with one attached hydrogen (secondary N) is 1. The number of hydrogen-bond donors (Lipinski definition) is 2. The molecule has 1 atom stereocenters. The van der Waals surface area contributed by atoms with E-state index >= 15 is 0 Å². The average Bonchev–Trinajstić information content (AvgIpc) is 2.94. The minimum absolute atomic E-state index is 0.0141. The molecule has 1 fully saturated rings. The molecule has 90 valence electrons. The average molecular weight is 241 g/mol. The molecule has 16 heavy (non-hydrogen) atoms. The van der Waals surface area contributed by atoms with Crippen LogP contribution in [0.5, 0.6) is 0 Å². The summed E-state index contributed by atoms with van der Waals surface area (Å²) in [6.07, 6.45) is 2.44. The largest absolute Gasteiger partial charge is 0.394 e. The zero-order valence-corrected chi connectivity index (χ0v) is 10.8. The van der Waals surface area contributed by atoms with E-state index in [1.165, 1.54) is 24.4 Å². The van der Waals surface area contributed by atoms with Gasteiger partial charge < -0.3 is 10.4 Å². The number of nitrogens with zero attached hydrogens (tertiary/aromatic N) is 2. The monoisotopic (exact) mass is 241 g/mol. The summed E-state index contributed by atoms with van der Waals surface area (Å²) in [6, 6.07) is 0.0208. The van der Waals surface area contributed by atoms with E-state index < -0.39 is 0 Å². The Balaban J connectivity index is 2.01. The second-order valence-corrected chi connectivity index (χ2v) is 6.23. The predicted molar refractivity (Wildman–Crippen MR) is 65.8 cm³/mol. The second kappa shape index (κ2) is 4.30. The van der Waals surface area contributed by atoms with Gasteiger partial charge in [-0.05, 0) is 18.3 Å². The molecule has 1 saturated carbocycles. The molecular weight excluding hydrogens is 222 g/mol. The molecule has 2 N–H and O–H groups in total. The van der Waals surface area contributed by atoms with Crippen LogP contribution in [-0.4, -0.2) is 27.1 Å². The van der Waals surface area contributed by atoms with E-state index in [9.17, 15) is 5.11 Å². The Bertz CT molecular complexity index is 354. The topological polar surface area (TPSA) is 58.0 Å². The summed E-state index contributed by atoms with van der Waals surface area (Å²) in [5, 5.41) is 13.4. The van der Waals surface area contributed by atoms with Gasteiger partial charge in [-0.25, -0.2) is 4.98 Å². The van der Waals surface area contributed by atoms with Crippen molar-refractivity contribution in [2.75, 3.05) is 11.9 Å². The second-order valence-electron chi connectivity index (χ2n) is 5.48. The quantitative estimate of drug-likeness (QED) is 0.848. The molecule has 0 saturated heterocycles. The van der Waals surface area contributed by atoms with E-state index in [0.29, 0.717) is 5.92 Å². The van der Waals surface area contributed by atoms with Gasteiger partial charge in [-0.1, -0.05) is 20.8 Å². The van der Waals surface area contributed by atoms with Gasteiger partial charge in [0.05, 0.1) is 12.6 Å². The fourth-order valence-corrected chi connectivity index (χ4v) is 2.19. The Kier molecular flexibility index (Phi) is 3.17. The maximum absolute atomic E-state index is 9.35. The normalized spacial score (nSPS) is 18.5. The summed E-state index contributed by atoms with van der Waals surface area (Å²) in [6.45, 7) is 6.42. The van der Waals surface area contributed by atoms with E-state index in [0.717, 1.165) is 11.0 Å². The van der Waals surface area contributed by atoms with Crippen LogP contribution in [0, 0.1) is 5.41 Å². The SMILES string of the molecule is CC(C)(C)[C@@H](CO)Nc1nc(C2CC2)ns1. The first kappa shape index (κ1) is 11.8. The number of aromatic nitrogens is 2. The molecule has 1 aliphatic carbocycles. The van der Waals surface area contributed by atoms with Crippen LogP contribution < -0.4 is 5.32 Å². The lowest BCUT2D eigenvalue weighted by Crippen LogP contribution is -2.37. The molecule has 5 heteroatoms. The molecule has 0 unspecified atom stereocenters. The lowest BCUT2D eigenvalue weighted by atomic mass is 9.87. The minimum atomic E-state index is 0.0141. The Morgan fingerprint density at radius 3 is 2.69 bits per heavy atom. The molecule has 1 aliphatic rings. The smallest absolute Gasteiger partial charge is 0.202 e. The number of aliphatic hydroxyl groups excluding tert-OH is 1. The number of rotatable bonds is 4. The van der Waals surface area contributed by atoms with Crippen molar-refractivity contribution in [3.05, 3.63) is 5.82 Å². The number of anilines is 1. The van der Waals surface area contributed by atoms with Crippen LogP contribution in [0.2, 0.25) is 0 Å². The Labute approximate surface area is 100 Å². The van der Waals surface area contributed by atoms with Gasteiger partial charge in [0.15, 0.2) is 0 Å². The third-order valence-electron chi connectivity index (χ3n) is 2.91. The summed E-state index contributed by atoms with van der Waals surface area (Å²) in [5.41, 5.74) is 0.0141. The van der Waals surface area contributed by atoms with E-state index in [2.05, 4.69) is 35.4 Å². The van der Waals surface area contributed by atoms with Crippen LogP contribution in [0.3, 0.4) is 0 Å². The molecule has 1 aromatic heterocycles. The number of hydrogen-bond acceptors (Lipinski definition) is 5. The van der Waals surface area contributed by atoms with Crippen molar-refractivity contribution >= 4 is 16.7 Å². The standard InChI is InChI=1S/C11H19N3OS/c1-11(2,3)8(6-15)12-10-13-9(14-16-10)7-4-5-7/h7-8,15H,4-6H2,1-3H3,(H,12,13,14)/t8-/m1/s1. The zero-order valence-electron chi connectivity index (χ0n) is 10.0. The first-order valence-electron chi connectivity index (χ1n) is 5.71. The molecule has 2 rings (SSSR count). The van der Waals surface area contributed by atoms with Gasteiger partial charge in [-0.2, -0.15) is 4.37 Å². The Hall–Kier alpha value is -0.680. The van der Waals surface area contributed by atoms with Gasteiger partial charge >= 0.3 is 0 Å². The highest BCUT2D eigenvalue weighted by Crippen LogP contribution is 2.39. The van der Waals surface area contributed by atoms with Crippen LogP contribution in [0.15, 0.2) is 0 Å². The van der Waals surface area contributed by atoms with Crippen LogP contribution >= 0.6 is 11.5 Å². The van der Waals surface area contributed by atoms with Crippen molar-refractivity contribution in [2.24, 2.45) is 5.41 Å². The molecule has 0 bridgehead atoms. The van der Waals surface area contributed by atoms with Gasteiger partial charge in [-0.3, -0.25) is 0 Å². The highest BCUT2D eigenvalue weighted by molar-refractivity contribution is 7.09. The Morgan fingerprint density at radius 2 is 2.19 bits per heavy atom. The summed E-state index contributed by atoms with van der Waals surface area (Å²) in [5.74, 6) is 1.56. The maximum atomic E-state index is 9.35. The first-order valence-corrected chi connectivity index (χ1v) is 6.49. The molecule has 0 aliphatic heterocycles. The fraction of sp³-hybridized carbons (Fsp3) is 0.818. The third kappa shape index (κ3) is 2.71. The van der Waals surface area contributed by atoms with Crippen molar-refractivity contribution in [3.8, 4) is 0 Å². The lowest BCUT2D eigenvalue weighted by Gasteiger charge is -2.29. The van der Waals surface area contributed by atoms with Gasteiger partial charge in [0.1, 0.15) is 5.82 Å². The van der Waals surface area contributed by atoms with E-state index in [1.807, 2.05) is 0 Å². The van der Waals surface area contributed by atoms with Crippen LogP contribution in [0.1, 0.15) is 45.4 Å². The van der Waals surface area contributed by atoms with Gasteiger partial charge in [0.2, 0.25) is 5.13 Å². The molecule has 0 spiro atoms. The first-order chi connectivity index (χ1) is 7.50. The van der Waals surface area contributed by atoms with Crippen molar-refractivity contribution in [3.63, 3.8) is 0 Å². The summed E-state index contributed by atoms with van der Waals surface area (Å²) in [7, 11) is 0. The molecule has 4 nitrogen and oxygen atoms in total. The van der Waals surface area contributed by atoms with Gasteiger partial charge in [-0.15, -0.1) is 0 Å². The Morgan fingerprint density at radius 1 is 1.50 bits per heavy atom. The molecule has 0 radical (unpaired) electrons. The lowest BCUT2D eigenvalue weighted by molar-refractivity contribution is 0.202. The van der Waals surface area contributed by atoms with E-state index in [4.69, 9.17) is 0 Å². The highest BCUT2D eigenvalue weighted by Gasteiger charge is 2.29. The van der Waals surface area contributed by atoms with E-state index in [-0.39, 0.29) is 18.1 Å². The molecule has 0 aromatic carbocycles. The third-order valence-corrected chi connectivity index (χ3v) is 3.57.